The summed E-state index contributed by atoms with van der Waals surface area (Å²) < 4.78 is 0. The minimum absolute atomic E-state index is 0.126. The molecule has 0 radical (unpaired) electrons. The highest BCUT2D eigenvalue weighted by Gasteiger charge is 2.31. The Hall–Kier alpha value is -1.82. The number of amidine groups is 1. The molecule has 1 aromatic rings. The highest BCUT2D eigenvalue weighted by atomic mass is 32.2. The number of carbonyl (C=O) groups excluding carboxylic acids is 1. The van der Waals surface area contributed by atoms with Crippen LogP contribution in [0.15, 0.2) is 29.3 Å². The van der Waals surface area contributed by atoms with E-state index in [0.717, 1.165) is 42.3 Å². The Morgan fingerprint density at radius 3 is 2.90 bits per heavy atom. The third kappa shape index (κ3) is 3.19. The van der Waals surface area contributed by atoms with Gasteiger partial charge in [0, 0.05) is 0 Å². The second-order valence-corrected chi connectivity index (χ2v) is 5.37. The van der Waals surface area contributed by atoms with E-state index in [0.29, 0.717) is 0 Å². The maximum atomic E-state index is 12.0. The Bertz CT molecular complexity index is 557. The van der Waals surface area contributed by atoms with E-state index in [2.05, 4.69) is 11.9 Å². The number of amides is 2. The van der Waals surface area contributed by atoms with Gasteiger partial charge < -0.3 is 5.11 Å². The third-order valence-corrected chi connectivity index (χ3v) is 3.91. The molecule has 0 atom stereocenters. The minimum atomic E-state index is -1.28. The monoisotopic (exact) mass is 292 g/mol. The molecule has 1 saturated heterocycles. The zero-order chi connectivity index (χ0) is 14.5. The molecule has 1 aliphatic rings. The average Bonchev–Trinajstić information content (AvgIpc) is 2.77. The molecule has 2 rings (SSSR count). The van der Waals surface area contributed by atoms with Gasteiger partial charge in [0.2, 0.25) is 5.91 Å². The van der Waals surface area contributed by atoms with Crippen LogP contribution in [-0.4, -0.2) is 28.0 Å². The largest absolute Gasteiger partial charge is 0.463 e. The lowest BCUT2D eigenvalue weighted by Gasteiger charge is -2.19. The number of unbranched alkanes of at least 4 members (excludes halogenated alkanes) is 1. The number of carbonyl (C=O) groups is 2. The zero-order valence-corrected chi connectivity index (χ0v) is 12.0. The molecule has 1 N–H and O–H groups in total. The molecule has 0 bridgehead atoms. The number of nitrogens with zero attached hydrogens (tertiary/aromatic N) is 2. The van der Waals surface area contributed by atoms with Gasteiger partial charge in [-0.3, -0.25) is 9.69 Å². The molecule has 1 aliphatic heterocycles. The molecule has 5 nitrogen and oxygen atoms in total. The Morgan fingerprint density at radius 1 is 1.45 bits per heavy atom. The SMILES string of the molecule is CCCCc1ccccc1N1C(=O)CSC1=NC(=O)O. The Kier molecular flexibility index (Phi) is 4.79. The lowest BCUT2D eigenvalue weighted by molar-refractivity contribution is -0.115. The van der Waals surface area contributed by atoms with Crippen LogP contribution in [0.5, 0.6) is 0 Å². The van der Waals surface area contributed by atoms with E-state index in [9.17, 15) is 9.59 Å². The van der Waals surface area contributed by atoms with Crippen LogP contribution < -0.4 is 4.90 Å². The summed E-state index contributed by atoms with van der Waals surface area (Å²) in [5.74, 6) is 0.104. The third-order valence-electron chi connectivity index (χ3n) is 2.99. The number of hydrogen-bond donors (Lipinski definition) is 1. The van der Waals surface area contributed by atoms with Gasteiger partial charge in [-0.15, -0.1) is 0 Å². The summed E-state index contributed by atoms with van der Waals surface area (Å²) in [6, 6.07) is 7.58. The first kappa shape index (κ1) is 14.6. The number of hydrogen-bond acceptors (Lipinski definition) is 3. The Labute approximate surface area is 121 Å². The normalized spacial score (nSPS) is 16.9. The molecule has 20 heavy (non-hydrogen) atoms. The first-order chi connectivity index (χ1) is 9.63. The number of benzene rings is 1. The topological polar surface area (TPSA) is 70.0 Å². The molecule has 1 aromatic carbocycles. The van der Waals surface area contributed by atoms with Gasteiger partial charge in [0.05, 0.1) is 11.4 Å². The molecular weight excluding hydrogens is 276 g/mol. The lowest BCUT2D eigenvalue weighted by Crippen LogP contribution is -2.30. The summed E-state index contributed by atoms with van der Waals surface area (Å²) in [5, 5.41) is 9.04. The first-order valence-corrected chi connectivity index (χ1v) is 7.47. The van der Waals surface area contributed by atoms with Gasteiger partial charge in [0.15, 0.2) is 5.17 Å². The molecule has 1 heterocycles. The van der Waals surface area contributed by atoms with E-state index in [-0.39, 0.29) is 16.8 Å². The number of aryl methyl sites for hydroxylation is 1. The highest BCUT2D eigenvalue weighted by Crippen LogP contribution is 2.30. The summed E-state index contributed by atoms with van der Waals surface area (Å²) in [5.41, 5.74) is 1.79. The number of carboxylic acid groups (broad SMARTS) is 1. The molecule has 0 unspecified atom stereocenters. The van der Waals surface area contributed by atoms with Crippen molar-refractivity contribution in [2.45, 2.75) is 26.2 Å². The van der Waals surface area contributed by atoms with Gasteiger partial charge in [0.25, 0.3) is 0 Å². The molecule has 1 fully saturated rings. The molecule has 0 spiro atoms. The van der Waals surface area contributed by atoms with Crippen molar-refractivity contribution in [3.05, 3.63) is 29.8 Å². The van der Waals surface area contributed by atoms with Gasteiger partial charge in [-0.1, -0.05) is 43.3 Å². The van der Waals surface area contributed by atoms with Crippen LogP contribution in [-0.2, 0) is 11.2 Å². The van der Waals surface area contributed by atoms with Crippen LogP contribution in [0.3, 0.4) is 0 Å². The van der Waals surface area contributed by atoms with Crippen LogP contribution in [0.25, 0.3) is 0 Å². The summed E-state index contributed by atoms with van der Waals surface area (Å²) in [7, 11) is 0. The molecular formula is C14H16N2O3S. The predicted octanol–water partition coefficient (Wildman–Crippen LogP) is 3.14. The maximum Gasteiger partial charge on any atom is 0.433 e. The van der Waals surface area contributed by atoms with Crippen molar-refractivity contribution in [3.63, 3.8) is 0 Å². The van der Waals surface area contributed by atoms with E-state index in [1.165, 1.54) is 4.90 Å². The maximum absolute atomic E-state index is 12.0. The van der Waals surface area contributed by atoms with Crippen molar-refractivity contribution >= 4 is 34.6 Å². The van der Waals surface area contributed by atoms with Gasteiger partial charge >= 0.3 is 6.09 Å². The quantitative estimate of drug-likeness (QED) is 0.925. The fraction of sp³-hybridized carbons (Fsp3) is 0.357. The van der Waals surface area contributed by atoms with Crippen LogP contribution in [0.1, 0.15) is 25.3 Å². The Balaban J connectivity index is 2.37. The van der Waals surface area contributed by atoms with E-state index in [4.69, 9.17) is 5.11 Å². The fourth-order valence-corrected chi connectivity index (χ4v) is 2.92. The molecule has 106 valence electrons. The van der Waals surface area contributed by atoms with Crippen molar-refractivity contribution in [1.82, 2.24) is 0 Å². The van der Waals surface area contributed by atoms with Crippen molar-refractivity contribution in [2.24, 2.45) is 4.99 Å². The van der Waals surface area contributed by atoms with E-state index in [1.807, 2.05) is 24.3 Å². The van der Waals surface area contributed by atoms with Crippen molar-refractivity contribution in [1.29, 1.82) is 0 Å². The standard InChI is InChI=1S/C14H16N2O3S/c1-2-3-6-10-7-4-5-8-11(10)16-12(17)9-20-13(16)15-14(18)19/h4-5,7-8H,2-3,6,9H2,1H3,(H,18,19). The van der Waals surface area contributed by atoms with Crippen molar-refractivity contribution in [3.8, 4) is 0 Å². The summed E-state index contributed by atoms with van der Waals surface area (Å²) in [4.78, 5) is 27.7. The van der Waals surface area contributed by atoms with Crippen molar-refractivity contribution in [2.75, 3.05) is 10.7 Å². The molecule has 0 saturated carbocycles. The minimum Gasteiger partial charge on any atom is -0.463 e. The lowest BCUT2D eigenvalue weighted by atomic mass is 10.1. The first-order valence-electron chi connectivity index (χ1n) is 6.48. The summed E-state index contributed by atoms with van der Waals surface area (Å²) >= 11 is 1.16. The van der Waals surface area contributed by atoms with E-state index >= 15 is 0 Å². The second-order valence-electron chi connectivity index (χ2n) is 4.43. The molecule has 0 aromatic heterocycles. The number of rotatable bonds is 4. The molecule has 0 aliphatic carbocycles. The zero-order valence-electron chi connectivity index (χ0n) is 11.2. The summed E-state index contributed by atoms with van der Waals surface area (Å²) in [6.07, 6.45) is 1.67. The predicted molar refractivity (Wildman–Crippen MR) is 80.5 cm³/mol. The van der Waals surface area contributed by atoms with Crippen LogP contribution in [0, 0.1) is 0 Å². The number of anilines is 1. The van der Waals surface area contributed by atoms with Crippen LogP contribution >= 0.6 is 11.8 Å². The average molecular weight is 292 g/mol. The summed E-state index contributed by atoms with van der Waals surface area (Å²) in [6.45, 7) is 2.11. The Morgan fingerprint density at radius 2 is 2.20 bits per heavy atom. The van der Waals surface area contributed by atoms with Gasteiger partial charge in [-0.05, 0) is 24.5 Å². The van der Waals surface area contributed by atoms with E-state index < -0.39 is 6.09 Å². The smallest absolute Gasteiger partial charge is 0.433 e. The number of aliphatic imine (C=N–C) groups is 1. The van der Waals surface area contributed by atoms with E-state index in [1.54, 1.807) is 0 Å². The number of para-hydroxylation sites is 1. The van der Waals surface area contributed by atoms with Gasteiger partial charge in [0.1, 0.15) is 0 Å². The van der Waals surface area contributed by atoms with Gasteiger partial charge in [-0.2, -0.15) is 4.99 Å². The van der Waals surface area contributed by atoms with Crippen molar-refractivity contribution < 1.29 is 14.7 Å². The van der Waals surface area contributed by atoms with Gasteiger partial charge in [-0.25, -0.2) is 4.79 Å². The fourth-order valence-electron chi connectivity index (χ4n) is 2.07. The molecule has 2 amide bonds. The number of thioether (sulfide) groups is 1. The van der Waals surface area contributed by atoms with Crippen LogP contribution in [0.4, 0.5) is 10.5 Å². The second kappa shape index (κ2) is 6.56. The molecule has 6 heteroatoms. The van der Waals surface area contributed by atoms with Crippen LogP contribution in [0.2, 0.25) is 0 Å². The highest BCUT2D eigenvalue weighted by molar-refractivity contribution is 8.15.